The standard InChI is InChI=1S/C21H16N4O2S/c22-11-15-5-4-6-17(9-15)20-14-25(21-19(20)10-16(12-23)13-24-21)28(26,27)18-7-2-1-3-8-18/h1-10,13-14H,11,22H2. The lowest BCUT2D eigenvalue weighted by Crippen LogP contribution is -2.12. The molecule has 0 bridgehead atoms. The number of nitriles is 1. The lowest BCUT2D eigenvalue weighted by atomic mass is 10.0. The van der Waals surface area contributed by atoms with E-state index < -0.39 is 10.0 Å². The van der Waals surface area contributed by atoms with Crippen LogP contribution in [0.5, 0.6) is 0 Å². The summed E-state index contributed by atoms with van der Waals surface area (Å²) in [5.74, 6) is 0. The Bertz CT molecular complexity index is 1320. The molecule has 0 unspecified atom stereocenters. The van der Waals surface area contributed by atoms with E-state index in [-0.39, 0.29) is 10.5 Å². The van der Waals surface area contributed by atoms with Gasteiger partial charge in [0.15, 0.2) is 5.65 Å². The van der Waals surface area contributed by atoms with E-state index in [1.54, 1.807) is 42.6 Å². The maximum Gasteiger partial charge on any atom is 0.269 e. The summed E-state index contributed by atoms with van der Waals surface area (Å²) in [6, 6.07) is 19.5. The predicted molar refractivity (Wildman–Crippen MR) is 107 cm³/mol. The largest absolute Gasteiger partial charge is 0.326 e. The summed E-state index contributed by atoms with van der Waals surface area (Å²) >= 11 is 0. The molecule has 0 aliphatic heterocycles. The van der Waals surface area contributed by atoms with Crippen molar-refractivity contribution in [3.63, 3.8) is 0 Å². The van der Waals surface area contributed by atoms with E-state index >= 15 is 0 Å². The fraction of sp³-hybridized carbons (Fsp3) is 0.0476. The third-order valence-electron chi connectivity index (χ3n) is 4.51. The highest BCUT2D eigenvalue weighted by Crippen LogP contribution is 2.33. The van der Waals surface area contributed by atoms with Crippen LogP contribution in [0, 0.1) is 11.3 Å². The number of hydrogen-bond donors (Lipinski definition) is 1. The summed E-state index contributed by atoms with van der Waals surface area (Å²) in [7, 11) is -3.84. The molecule has 7 heteroatoms. The summed E-state index contributed by atoms with van der Waals surface area (Å²) in [4.78, 5) is 4.44. The average molecular weight is 388 g/mol. The number of aromatic nitrogens is 2. The molecule has 4 aromatic rings. The van der Waals surface area contributed by atoms with Gasteiger partial charge in [-0.1, -0.05) is 36.4 Å². The highest BCUT2D eigenvalue weighted by molar-refractivity contribution is 7.90. The first-order chi connectivity index (χ1) is 13.5. The van der Waals surface area contributed by atoms with Gasteiger partial charge < -0.3 is 5.73 Å². The van der Waals surface area contributed by atoms with E-state index in [1.165, 1.54) is 10.2 Å². The Labute approximate surface area is 162 Å². The minimum atomic E-state index is -3.84. The van der Waals surface area contributed by atoms with Gasteiger partial charge in [-0.2, -0.15) is 5.26 Å². The quantitative estimate of drug-likeness (QED) is 0.578. The van der Waals surface area contributed by atoms with Gasteiger partial charge in [-0.15, -0.1) is 0 Å². The van der Waals surface area contributed by atoms with E-state index in [9.17, 15) is 13.7 Å². The van der Waals surface area contributed by atoms with Gasteiger partial charge in [-0.3, -0.25) is 0 Å². The first-order valence-electron chi connectivity index (χ1n) is 8.56. The van der Waals surface area contributed by atoms with Gasteiger partial charge in [0.2, 0.25) is 0 Å². The minimum absolute atomic E-state index is 0.167. The molecule has 0 aliphatic rings. The lowest BCUT2D eigenvalue weighted by molar-refractivity contribution is 0.589. The molecule has 0 fully saturated rings. The number of rotatable bonds is 4. The topological polar surface area (TPSA) is 102 Å². The normalized spacial score (nSPS) is 11.4. The Morgan fingerprint density at radius 2 is 1.86 bits per heavy atom. The van der Waals surface area contributed by atoms with E-state index in [0.717, 1.165) is 11.1 Å². The second kappa shape index (κ2) is 6.93. The molecule has 2 heterocycles. The smallest absolute Gasteiger partial charge is 0.269 e. The maximum absolute atomic E-state index is 13.2. The Morgan fingerprint density at radius 1 is 1.07 bits per heavy atom. The van der Waals surface area contributed by atoms with Crippen LogP contribution in [0.15, 0.2) is 78.0 Å². The predicted octanol–water partition coefficient (Wildman–Crippen LogP) is 3.27. The number of benzene rings is 2. The van der Waals surface area contributed by atoms with Crippen molar-refractivity contribution >= 4 is 21.1 Å². The zero-order chi connectivity index (χ0) is 19.7. The van der Waals surface area contributed by atoms with Gasteiger partial charge in [0.1, 0.15) is 6.07 Å². The second-order valence-corrected chi connectivity index (χ2v) is 8.08. The molecule has 0 amide bonds. The fourth-order valence-corrected chi connectivity index (χ4v) is 4.47. The molecule has 2 aromatic heterocycles. The number of fused-ring (bicyclic) bond motifs is 1. The van der Waals surface area contributed by atoms with Crippen molar-refractivity contribution in [2.24, 2.45) is 5.73 Å². The molecule has 0 atom stereocenters. The van der Waals surface area contributed by atoms with Gasteiger partial charge in [0, 0.05) is 29.9 Å². The zero-order valence-electron chi connectivity index (χ0n) is 14.8. The molecular weight excluding hydrogens is 372 g/mol. The van der Waals surface area contributed by atoms with Crippen LogP contribution < -0.4 is 5.73 Å². The Balaban J connectivity index is 2.03. The number of nitrogens with zero attached hydrogens (tertiary/aromatic N) is 3. The molecule has 0 spiro atoms. The molecule has 0 radical (unpaired) electrons. The third-order valence-corrected chi connectivity index (χ3v) is 6.18. The summed E-state index contributed by atoms with van der Waals surface area (Å²) in [6.45, 7) is 0.372. The highest BCUT2D eigenvalue weighted by Gasteiger charge is 2.23. The average Bonchev–Trinajstić information content (AvgIpc) is 3.14. The van der Waals surface area contributed by atoms with Gasteiger partial charge in [0.05, 0.1) is 10.5 Å². The van der Waals surface area contributed by atoms with E-state index in [0.29, 0.717) is 23.1 Å². The van der Waals surface area contributed by atoms with Crippen LogP contribution in [-0.4, -0.2) is 17.4 Å². The Hall–Kier alpha value is -3.47. The van der Waals surface area contributed by atoms with Crippen molar-refractivity contribution in [2.45, 2.75) is 11.4 Å². The number of hydrogen-bond acceptors (Lipinski definition) is 5. The van der Waals surface area contributed by atoms with E-state index in [2.05, 4.69) is 11.1 Å². The minimum Gasteiger partial charge on any atom is -0.326 e. The lowest BCUT2D eigenvalue weighted by Gasteiger charge is -2.06. The fourth-order valence-electron chi connectivity index (χ4n) is 3.13. The van der Waals surface area contributed by atoms with E-state index in [1.807, 2.05) is 24.3 Å². The van der Waals surface area contributed by atoms with Crippen molar-refractivity contribution in [3.05, 3.63) is 84.2 Å². The van der Waals surface area contributed by atoms with Crippen molar-refractivity contribution < 1.29 is 8.42 Å². The molecule has 138 valence electrons. The van der Waals surface area contributed by atoms with Crippen molar-refractivity contribution in [3.8, 4) is 17.2 Å². The molecule has 0 aliphatic carbocycles. The van der Waals surface area contributed by atoms with Crippen LogP contribution in [-0.2, 0) is 16.6 Å². The Kier molecular flexibility index (Phi) is 4.43. The summed E-state index contributed by atoms with van der Waals surface area (Å²) in [5, 5.41) is 9.84. The number of nitrogens with two attached hydrogens (primary N) is 1. The van der Waals surface area contributed by atoms with E-state index in [4.69, 9.17) is 5.73 Å². The van der Waals surface area contributed by atoms with Crippen LogP contribution in [0.2, 0.25) is 0 Å². The summed E-state index contributed by atoms with van der Waals surface area (Å²) in [5.41, 5.74) is 8.79. The zero-order valence-corrected chi connectivity index (χ0v) is 15.6. The first-order valence-corrected chi connectivity index (χ1v) is 10.00. The summed E-state index contributed by atoms with van der Waals surface area (Å²) < 4.78 is 27.6. The molecule has 2 N–H and O–H groups in total. The van der Waals surface area contributed by atoms with Crippen LogP contribution in [0.1, 0.15) is 11.1 Å². The number of pyridine rings is 1. The summed E-state index contributed by atoms with van der Waals surface area (Å²) in [6.07, 6.45) is 2.93. The van der Waals surface area contributed by atoms with Crippen molar-refractivity contribution in [1.29, 1.82) is 5.26 Å². The van der Waals surface area contributed by atoms with Crippen LogP contribution in [0.25, 0.3) is 22.2 Å². The Morgan fingerprint density at radius 3 is 2.57 bits per heavy atom. The van der Waals surface area contributed by atoms with Crippen LogP contribution in [0.4, 0.5) is 0 Å². The molecule has 4 rings (SSSR count). The second-order valence-electron chi connectivity index (χ2n) is 6.27. The third kappa shape index (κ3) is 2.95. The molecule has 2 aromatic carbocycles. The van der Waals surface area contributed by atoms with Crippen molar-refractivity contribution in [1.82, 2.24) is 8.96 Å². The van der Waals surface area contributed by atoms with Gasteiger partial charge in [-0.25, -0.2) is 17.4 Å². The van der Waals surface area contributed by atoms with Gasteiger partial charge >= 0.3 is 0 Å². The molecule has 28 heavy (non-hydrogen) atoms. The SMILES string of the molecule is N#Cc1cnc2c(c1)c(-c1cccc(CN)c1)cn2S(=O)(=O)c1ccccc1. The van der Waals surface area contributed by atoms with Gasteiger partial charge in [0.25, 0.3) is 10.0 Å². The monoisotopic (exact) mass is 388 g/mol. The first kappa shape index (κ1) is 17.9. The molecule has 6 nitrogen and oxygen atoms in total. The molecule has 0 saturated heterocycles. The van der Waals surface area contributed by atoms with Crippen LogP contribution in [0.3, 0.4) is 0 Å². The molecule has 0 saturated carbocycles. The van der Waals surface area contributed by atoms with Crippen LogP contribution >= 0.6 is 0 Å². The molecular formula is C21H16N4O2S. The van der Waals surface area contributed by atoms with Gasteiger partial charge in [-0.05, 0) is 35.4 Å². The highest BCUT2D eigenvalue weighted by atomic mass is 32.2. The maximum atomic E-state index is 13.2. The van der Waals surface area contributed by atoms with Crippen molar-refractivity contribution in [2.75, 3.05) is 0 Å².